The van der Waals surface area contributed by atoms with Gasteiger partial charge in [0.25, 0.3) is 0 Å². The van der Waals surface area contributed by atoms with Crippen LogP contribution in [0.4, 0.5) is 0 Å². The van der Waals surface area contributed by atoms with E-state index >= 15 is 0 Å². The third-order valence-corrected chi connectivity index (χ3v) is 5.03. The predicted molar refractivity (Wildman–Crippen MR) is 96.9 cm³/mol. The summed E-state index contributed by atoms with van der Waals surface area (Å²) in [5, 5.41) is 12.1. The molecule has 0 spiro atoms. The molecule has 1 aliphatic rings. The zero-order valence-corrected chi connectivity index (χ0v) is 15.4. The lowest BCUT2D eigenvalue weighted by atomic mass is 9.94. The van der Waals surface area contributed by atoms with Gasteiger partial charge in [0.1, 0.15) is 6.10 Å². The van der Waals surface area contributed by atoms with E-state index in [2.05, 4.69) is 9.30 Å². The highest BCUT2D eigenvalue weighted by atomic mass is 35.5. The minimum Gasteiger partial charge on any atom is -0.469 e. The van der Waals surface area contributed by atoms with Crippen molar-refractivity contribution in [3.63, 3.8) is 0 Å². The minimum absolute atomic E-state index is 0.131. The van der Waals surface area contributed by atoms with Gasteiger partial charge in [-0.25, -0.2) is 4.79 Å². The molecular weight excluding hydrogens is 358 g/mol. The van der Waals surface area contributed by atoms with E-state index in [1.807, 2.05) is 30.5 Å². The van der Waals surface area contributed by atoms with Crippen molar-refractivity contribution in [1.29, 1.82) is 0 Å². The molecule has 1 saturated heterocycles. The van der Waals surface area contributed by atoms with E-state index in [4.69, 9.17) is 16.3 Å². The summed E-state index contributed by atoms with van der Waals surface area (Å²) < 4.78 is 11.9. The highest BCUT2D eigenvalue weighted by molar-refractivity contribution is 6.31. The summed E-state index contributed by atoms with van der Waals surface area (Å²) in [6, 6.07) is 7.85. The number of nitrogens with zero attached hydrogens (tertiary/aromatic N) is 1. The lowest BCUT2D eigenvalue weighted by molar-refractivity contribution is -0.161. The summed E-state index contributed by atoms with van der Waals surface area (Å²) in [5.74, 6) is -1.36. The molecule has 1 aromatic carbocycles. The summed E-state index contributed by atoms with van der Waals surface area (Å²) in [5.41, 5.74) is -0.623. The van der Waals surface area contributed by atoms with Crippen molar-refractivity contribution >= 4 is 34.4 Å². The second kappa shape index (κ2) is 7.68. The van der Waals surface area contributed by atoms with Crippen molar-refractivity contribution in [3.05, 3.63) is 35.5 Å². The number of methoxy groups -OCH3 is 1. The Labute approximate surface area is 156 Å². The van der Waals surface area contributed by atoms with E-state index in [0.29, 0.717) is 6.42 Å². The van der Waals surface area contributed by atoms with Gasteiger partial charge in [-0.15, -0.1) is 0 Å². The van der Waals surface area contributed by atoms with E-state index in [0.717, 1.165) is 35.3 Å². The van der Waals surface area contributed by atoms with Gasteiger partial charge in [-0.3, -0.25) is 4.79 Å². The lowest BCUT2D eigenvalue weighted by Gasteiger charge is -2.15. The third kappa shape index (κ3) is 4.02. The molecule has 1 fully saturated rings. The van der Waals surface area contributed by atoms with Crippen LogP contribution in [0, 0.1) is 0 Å². The molecule has 140 valence electrons. The largest absolute Gasteiger partial charge is 0.469 e. The van der Waals surface area contributed by atoms with Gasteiger partial charge < -0.3 is 19.1 Å². The van der Waals surface area contributed by atoms with Crippen LogP contribution >= 0.6 is 11.6 Å². The molecule has 1 N–H and O–H groups in total. The van der Waals surface area contributed by atoms with E-state index in [-0.39, 0.29) is 18.9 Å². The maximum absolute atomic E-state index is 11.9. The molecule has 2 aromatic rings. The fourth-order valence-corrected chi connectivity index (χ4v) is 3.58. The minimum atomic E-state index is -1.76. The van der Waals surface area contributed by atoms with E-state index in [9.17, 15) is 14.7 Å². The first-order valence-corrected chi connectivity index (χ1v) is 9.04. The second-order valence-corrected chi connectivity index (χ2v) is 7.16. The summed E-state index contributed by atoms with van der Waals surface area (Å²) in [7, 11) is 1.22. The number of carbonyl (C=O) groups is 2. The molecule has 0 aliphatic carbocycles. The first-order valence-electron chi connectivity index (χ1n) is 8.66. The second-order valence-electron chi connectivity index (χ2n) is 6.72. The maximum atomic E-state index is 11.9. The topological polar surface area (TPSA) is 77.8 Å². The molecule has 0 unspecified atom stereocenters. The van der Waals surface area contributed by atoms with Gasteiger partial charge in [0.15, 0.2) is 5.60 Å². The fraction of sp³-hybridized carbons (Fsp3) is 0.474. The molecule has 0 bridgehead atoms. The Morgan fingerprint density at radius 2 is 2.23 bits per heavy atom. The Balaban J connectivity index is 1.48. The van der Waals surface area contributed by atoms with Crippen LogP contribution < -0.4 is 0 Å². The van der Waals surface area contributed by atoms with Gasteiger partial charge in [0, 0.05) is 35.1 Å². The van der Waals surface area contributed by atoms with Crippen LogP contribution in [-0.4, -0.2) is 40.4 Å². The molecule has 2 atom stereocenters. The normalized spacial score (nSPS) is 22.6. The van der Waals surface area contributed by atoms with Gasteiger partial charge in [-0.1, -0.05) is 11.6 Å². The number of rotatable bonds is 7. The van der Waals surface area contributed by atoms with Crippen LogP contribution in [-0.2, 0) is 25.6 Å². The lowest BCUT2D eigenvalue weighted by Crippen LogP contribution is -2.37. The van der Waals surface area contributed by atoms with E-state index in [1.54, 1.807) is 0 Å². The highest BCUT2D eigenvalue weighted by Crippen LogP contribution is 2.31. The smallest absolute Gasteiger partial charge is 0.339 e. The number of carbonyl (C=O) groups excluding carboxylic acids is 2. The van der Waals surface area contributed by atoms with Crippen LogP contribution in [0.2, 0.25) is 5.02 Å². The molecule has 0 saturated carbocycles. The summed E-state index contributed by atoms with van der Waals surface area (Å²) in [4.78, 5) is 23.2. The van der Waals surface area contributed by atoms with Crippen molar-refractivity contribution in [2.24, 2.45) is 0 Å². The third-order valence-electron chi connectivity index (χ3n) is 4.79. The summed E-state index contributed by atoms with van der Waals surface area (Å²) >= 11 is 6.00. The fourth-order valence-electron chi connectivity index (χ4n) is 3.40. The average molecular weight is 380 g/mol. The zero-order valence-electron chi connectivity index (χ0n) is 14.6. The first kappa shape index (κ1) is 18.7. The Morgan fingerprint density at radius 3 is 3.00 bits per heavy atom. The van der Waals surface area contributed by atoms with Crippen LogP contribution in [0.25, 0.3) is 10.9 Å². The molecule has 1 aliphatic heterocycles. The monoisotopic (exact) mass is 379 g/mol. The molecule has 0 amide bonds. The number of esters is 2. The van der Waals surface area contributed by atoms with Gasteiger partial charge in [-0.2, -0.15) is 0 Å². The van der Waals surface area contributed by atoms with Gasteiger partial charge >= 0.3 is 11.9 Å². The van der Waals surface area contributed by atoms with Crippen molar-refractivity contribution in [3.8, 4) is 0 Å². The zero-order chi connectivity index (χ0) is 18.7. The predicted octanol–water partition coefficient (Wildman–Crippen LogP) is 3.07. The van der Waals surface area contributed by atoms with Gasteiger partial charge in [0.2, 0.25) is 0 Å². The van der Waals surface area contributed by atoms with Crippen LogP contribution in [0.1, 0.15) is 32.1 Å². The van der Waals surface area contributed by atoms with E-state index < -0.39 is 17.5 Å². The molecule has 7 heteroatoms. The number of hydrogen-bond acceptors (Lipinski definition) is 5. The molecule has 6 nitrogen and oxygen atoms in total. The number of hydrogen-bond donors (Lipinski definition) is 1. The summed E-state index contributed by atoms with van der Waals surface area (Å²) in [6.45, 7) is 0.845. The summed E-state index contributed by atoms with van der Waals surface area (Å²) in [6.07, 6.45) is 3.85. The quantitative estimate of drug-likeness (QED) is 0.591. The number of ether oxygens (including phenoxy) is 2. The van der Waals surface area contributed by atoms with E-state index in [1.165, 1.54) is 7.11 Å². The van der Waals surface area contributed by atoms with Crippen LogP contribution in [0.3, 0.4) is 0 Å². The first-order chi connectivity index (χ1) is 12.4. The van der Waals surface area contributed by atoms with Crippen molar-refractivity contribution in [2.45, 2.75) is 50.4 Å². The Bertz CT molecular complexity index is 817. The number of aliphatic hydroxyl groups is 1. The van der Waals surface area contributed by atoms with Crippen molar-refractivity contribution in [1.82, 2.24) is 4.57 Å². The molecule has 2 heterocycles. The average Bonchev–Trinajstić information content (AvgIpc) is 3.12. The van der Waals surface area contributed by atoms with Crippen LogP contribution in [0.5, 0.6) is 0 Å². The Morgan fingerprint density at radius 1 is 1.42 bits per heavy atom. The molecule has 26 heavy (non-hydrogen) atoms. The molecule has 3 rings (SSSR count). The van der Waals surface area contributed by atoms with Gasteiger partial charge in [0.05, 0.1) is 13.5 Å². The number of cyclic esters (lactones) is 1. The van der Waals surface area contributed by atoms with Crippen molar-refractivity contribution < 1.29 is 24.2 Å². The highest BCUT2D eigenvalue weighted by Gasteiger charge is 2.49. The number of unbranched alkanes of at least 4 members (excludes halogenated alkanes) is 1. The van der Waals surface area contributed by atoms with Crippen LogP contribution in [0.15, 0.2) is 30.5 Å². The van der Waals surface area contributed by atoms with Crippen molar-refractivity contribution in [2.75, 3.05) is 7.11 Å². The number of halogens is 1. The number of benzene rings is 1. The number of aryl methyl sites for hydroxylation is 1. The Kier molecular flexibility index (Phi) is 5.53. The molecular formula is C19H22ClNO5. The van der Waals surface area contributed by atoms with Gasteiger partial charge in [-0.05, 0) is 43.5 Å². The molecule has 0 radical (unpaired) electrons. The maximum Gasteiger partial charge on any atom is 0.339 e. The Hall–Kier alpha value is -2.05. The standard InChI is InChI=1S/C19H22ClNO5/c1-25-17(22)12-19(24)11-15(26-18(19)23)4-2-3-8-21-9-7-13-10-14(20)5-6-16(13)21/h5-7,9-10,15,24H,2-4,8,11-12H2,1H3/t15-,19+/m1/s1. The SMILES string of the molecule is COC(=O)C[C@@]1(O)C[C@@H](CCCCn2ccc3cc(Cl)ccc32)OC1=O. The molecule has 1 aromatic heterocycles. The number of aromatic nitrogens is 1. The number of fused-ring (bicyclic) bond motifs is 1.